The van der Waals surface area contributed by atoms with Crippen LogP contribution in [0.15, 0.2) is 30.6 Å². The monoisotopic (exact) mass is 271 g/mol. The molecule has 20 heavy (non-hydrogen) atoms. The van der Waals surface area contributed by atoms with E-state index in [4.69, 9.17) is 4.74 Å². The number of rotatable bonds is 4. The minimum absolute atomic E-state index is 0.264. The summed E-state index contributed by atoms with van der Waals surface area (Å²) in [6.07, 6.45) is 1.39. The van der Waals surface area contributed by atoms with Gasteiger partial charge in [0.1, 0.15) is 17.8 Å². The number of hydrogen-bond donors (Lipinski definition) is 1. The number of ether oxygens (including phenoxy) is 1. The molecular formula is C15H17N3O2. The molecule has 1 amide bonds. The Kier molecular flexibility index (Phi) is 4.30. The van der Waals surface area contributed by atoms with E-state index in [0.717, 1.165) is 11.3 Å². The third-order valence-corrected chi connectivity index (χ3v) is 2.99. The fraction of sp³-hybridized carbons (Fsp3) is 0.267. The zero-order valence-electron chi connectivity index (χ0n) is 11.8. The lowest BCUT2D eigenvalue weighted by molar-refractivity contribution is 0.102. The molecule has 0 aliphatic heterocycles. The predicted molar refractivity (Wildman–Crippen MR) is 77.1 cm³/mol. The minimum Gasteiger partial charge on any atom is -0.492 e. The molecule has 0 radical (unpaired) electrons. The average Bonchev–Trinajstić information content (AvgIpc) is 2.44. The number of nitrogens with one attached hydrogen (secondary N) is 1. The van der Waals surface area contributed by atoms with E-state index in [2.05, 4.69) is 15.3 Å². The Labute approximate surface area is 118 Å². The van der Waals surface area contributed by atoms with Gasteiger partial charge in [0, 0.05) is 11.3 Å². The second-order valence-corrected chi connectivity index (χ2v) is 4.32. The van der Waals surface area contributed by atoms with E-state index in [1.54, 1.807) is 6.07 Å². The molecule has 1 aromatic carbocycles. The second-order valence-electron chi connectivity index (χ2n) is 4.32. The highest BCUT2D eigenvalue weighted by Gasteiger charge is 2.14. The summed E-state index contributed by atoms with van der Waals surface area (Å²) in [6.45, 7) is 6.12. The van der Waals surface area contributed by atoms with Crippen molar-refractivity contribution >= 4 is 11.6 Å². The molecule has 5 heteroatoms. The van der Waals surface area contributed by atoms with Crippen molar-refractivity contribution in [2.45, 2.75) is 20.8 Å². The molecule has 0 atom stereocenters. The van der Waals surface area contributed by atoms with Gasteiger partial charge in [-0.2, -0.15) is 0 Å². The number of carbonyl (C=O) groups is 1. The van der Waals surface area contributed by atoms with E-state index >= 15 is 0 Å². The summed E-state index contributed by atoms with van der Waals surface area (Å²) in [6, 6.07) is 7.32. The van der Waals surface area contributed by atoms with Crippen molar-refractivity contribution in [3.05, 3.63) is 47.5 Å². The van der Waals surface area contributed by atoms with Crippen molar-refractivity contribution in [2.75, 3.05) is 11.9 Å². The number of carbonyl (C=O) groups excluding carboxylic acids is 1. The van der Waals surface area contributed by atoms with Gasteiger partial charge in [0.15, 0.2) is 0 Å². The van der Waals surface area contributed by atoms with Crippen molar-refractivity contribution in [3.63, 3.8) is 0 Å². The Balaban J connectivity index is 2.26. The van der Waals surface area contributed by atoms with E-state index < -0.39 is 0 Å². The van der Waals surface area contributed by atoms with Crippen molar-refractivity contribution in [1.82, 2.24) is 9.97 Å². The number of hydrogen-bond acceptors (Lipinski definition) is 4. The summed E-state index contributed by atoms with van der Waals surface area (Å²) in [5.41, 5.74) is 2.58. The lowest BCUT2D eigenvalue weighted by atomic mass is 10.2. The molecule has 0 saturated carbocycles. The molecule has 1 heterocycles. The fourth-order valence-corrected chi connectivity index (χ4v) is 1.80. The van der Waals surface area contributed by atoms with Crippen LogP contribution in [0.5, 0.6) is 5.75 Å². The normalized spacial score (nSPS) is 10.2. The molecule has 1 aromatic heterocycles. The molecule has 5 nitrogen and oxygen atoms in total. The molecule has 2 aromatic rings. The Morgan fingerprint density at radius 1 is 1.25 bits per heavy atom. The molecule has 0 aliphatic carbocycles. The van der Waals surface area contributed by atoms with E-state index in [1.807, 2.05) is 39.0 Å². The third kappa shape index (κ3) is 2.93. The molecule has 0 saturated heterocycles. The Bertz CT molecular complexity index is 626. The maximum absolute atomic E-state index is 12.3. The Morgan fingerprint density at radius 3 is 2.75 bits per heavy atom. The second kappa shape index (κ2) is 6.14. The van der Waals surface area contributed by atoms with Gasteiger partial charge in [0.25, 0.3) is 5.91 Å². The van der Waals surface area contributed by atoms with Crippen LogP contribution in [0.2, 0.25) is 0 Å². The first-order chi connectivity index (χ1) is 9.63. The van der Waals surface area contributed by atoms with Gasteiger partial charge in [0.05, 0.1) is 12.3 Å². The minimum atomic E-state index is -0.264. The number of nitrogens with zero attached hydrogens (tertiary/aromatic N) is 2. The molecule has 0 fully saturated rings. The van der Waals surface area contributed by atoms with Gasteiger partial charge in [-0.3, -0.25) is 4.79 Å². The topological polar surface area (TPSA) is 64.1 Å². The first-order valence-electron chi connectivity index (χ1n) is 6.44. The predicted octanol–water partition coefficient (Wildman–Crippen LogP) is 2.74. The summed E-state index contributed by atoms with van der Waals surface area (Å²) < 4.78 is 5.48. The number of para-hydroxylation sites is 2. The summed E-state index contributed by atoms with van der Waals surface area (Å²) in [4.78, 5) is 20.4. The van der Waals surface area contributed by atoms with Crippen LogP contribution in [-0.4, -0.2) is 22.5 Å². The first-order valence-corrected chi connectivity index (χ1v) is 6.44. The zero-order chi connectivity index (χ0) is 14.5. The number of amides is 1. The summed E-state index contributed by atoms with van der Waals surface area (Å²) in [5.74, 6) is 0.381. The van der Waals surface area contributed by atoms with E-state index in [9.17, 15) is 4.79 Å². The van der Waals surface area contributed by atoms with Crippen molar-refractivity contribution < 1.29 is 9.53 Å². The third-order valence-electron chi connectivity index (χ3n) is 2.99. The van der Waals surface area contributed by atoms with Crippen molar-refractivity contribution in [2.24, 2.45) is 0 Å². The fourth-order valence-electron chi connectivity index (χ4n) is 1.80. The van der Waals surface area contributed by atoms with Crippen LogP contribution in [0.4, 0.5) is 5.69 Å². The van der Waals surface area contributed by atoms with Gasteiger partial charge in [-0.25, -0.2) is 9.97 Å². The SMILES string of the molecule is CCOc1ccccc1NC(=O)c1ncnc(C)c1C. The van der Waals surface area contributed by atoms with Crippen LogP contribution in [-0.2, 0) is 0 Å². The van der Waals surface area contributed by atoms with Crippen LogP contribution in [0.1, 0.15) is 28.7 Å². The molecule has 0 aliphatic rings. The molecule has 0 spiro atoms. The highest BCUT2D eigenvalue weighted by atomic mass is 16.5. The van der Waals surface area contributed by atoms with Crippen molar-refractivity contribution in [3.8, 4) is 5.75 Å². The standard InChI is InChI=1S/C15H17N3O2/c1-4-20-13-8-6-5-7-12(13)18-15(19)14-10(2)11(3)16-9-17-14/h5-9H,4H2,1-3H3,(H,18,19). The average molecular weight is 271 g/mol. The zero-order valence-corrected chi connectivity index (χ0v) is 11.8. The molecular weight excluding hydrogens is 254 g/mol. The largest absolute Gasteiger partial charge is 0.492 e. The molecule has 0 bridgehead atoms. The van der Waals surface area contributed by atoms with E-state index in [-0.39, 0.29) is 5.91 Å². The van der Waals surface area contributed by atoms with Crippen LogP contribution in [0.3, 0.4) is 0 Å². The highest BCUT2D eigenvalue weighted by Crippen LogP contribution is 2.24. The van der Waals surface area contributed by atoms with Crippen LogP contribution >= 0.6 is 0 Å². The van der Waals surface area contributed by atoms with Crippen LogP contribution < -0.4 is 10.1 Å². The van der Waals surface area contributed by atoms with Gasteiger partial charge in [0.2, 0.25) is 0 Å². The van der Waals surface area contributed by atoms with Crippen LogP contribution in [0.25, 0.3) is 0 Å². The summed E-state index contributed by atoms with van der Waals surface area (Å²) in [5, 5.41) is 2.83. The Morgan fingerprint density at radius 2 is 2.00 bits per heavy atom. The number of anilines is 1. The van der Waals surface area contributed by atoms with Gasteiger partial charge in [-0.05, 0) is 32.9 Å². The van der Waals surface area contributed by atoms with E-state index in [1.165, 1.54) is 6.33 Å². The number of aromatic nitrogens is 2. The Hall–Kier alpha value is -2.43. The van der Waals surface area contributed by atoms with Gasteiger partial charge in [-0.15, -0.1) is 0 Å². The summed E-state index contributed by atoms with van der Waals surface area (Å²) in [7, 11) is 0. The maximum Gasteiger partial charge on any atom is 0.274 e. The van der Waals surface area contributed by atoms with E-state index in [0.29, 0.717) is 23.7 Å². The van der Waals surface area contributed by atoms with Gasteiger partial charge < -0.3 is 10.1 Å². The molecule has 1 N–H and O–H groups in total. The highest BCUT2D eigenvalue weighted by molar-refractivity contribution is 6.04. The molecule has 104 valence electrons. The lowest BCUT2D eigenvalue weighted by Crippen LogP contribution is -2.17. The smallest absolute Gasteiger partial charge is 0.274 e. The van der Waals surface area contributed by atoms with Crippen LogP contribution in [0, 0.1) is 13.8 Å². The van der Waals surface area contributed by atoms with Gasteiger partial charge in [-0.1, -0.05) is 12.1 Å². The lowest BCUT2D eigenvalue weighted by Gasteiger charge is -2.12. The molecule has 2 rings (SSSR count). The number of benzene rings is 1. The van der Waals surface area contributed by atoms with Crippen molar-refractivity contribution in [1.29, 1.82) is 0 Å². The summed E-state index contributed by atoms with van der Waals surface area (Å²) >= 11 is 0. The quantitative estimate of drug-likeness (QED) is 0.928. The first kappa shape index (κ1) is 14.0. The maximum atomic E-state index is 12.3. The molecule has 0 unspecified atom stereocenters. The number of aryl methyl sites for hydroxylation is 1. The van der Waals surface area contributed by atoms with Gasteiger partial charge >= 0.3 is 0 Å².